The maximum atomic E-state index is 12.2. The van der Waals surface area contributed by atoms with Crippen LogP contribution in [0.3, 0.4) is 0 Å². The maximum Gasteiger partial charge on any atom is 0.216 e. The van der Waals surface area contributed by atoms with Gasteiger partial charge in [0.25, 0.3) is 0 Å². The summed E-state index contributed by atoms with van der Waals surface area (Å²) in [5.41, 5.74) is 1.72. The molecule has 3 N–H and O–H groups in total. The molecule has 0 radical (unpaired) electrons. The number of sulfonamides is 1. The fourth-order valence-corrected chi connectivity index (χ4v) is 4.02. The highest BCUT2D eigenvalue weighted by Gasteiger charge is 2.21. The topological polar surface area (TPSA) is 82.6 Å². The van der Waals surface area contributed by atoms with Crippen LogP contribution in [0.25, 0.3) is 0 Å². The third-order valence-corrected chi connectivity index (χ3v) is 5.41. The second-order valence-corrected chi connectivity index (χ2v) is 8.57. The highest BCUT2D eigenvalue weighted by atomic mass is 127. The van der Waals surface area contributed by atoms with Crippen molar-refractivity contribution in [1.29, 1.82) is 0 Å². The van der Waals surface area contributed by atoms with E-state index < -0.39 is 10.0 Å². The highest BCUT2D eigenvalue weighted by molar-refractivity contribution is 14.0. The van der Waals surface area contributed by atoms with Crippen LogP contribution in [0.2, 0.25) is 0 Å². The summed E-state index contributed by atoms with van der Waals surface area (Å²) in [4.78, 5) is 4.61. The molecule has 1 aromatic carbocycles. The average Bonchev–Trinajstić information content (AvgIpc) is 3.34. The fraction of sp³-hybridized carbons (Fsp3) is 0.611. The van der Waals surface area contributed by atoms with Gasteiger partial charge in [0.1, 0.15) is 0 Å². The van der Waals surface area contributed by atoms with Crippen LogP contribution in [0, 0.1) is 5.92 Å². The lowest BCUT2D eigenvalue weighted by molar-refractivity contribution is 0.569. The first-order valence-corrected chi connectivity index (χ1v) is 10.6. The van der Waals surface area contributed by atoms with E-state index in [1.807, 2.05) is 45.0 Å². The molecule has 0 aliphatic heterocycles. The monoisotopic (exact) mass is 494 g/mol. The molecule has 0 saturated heterocycles. The number of guanidine groups is 1. The standard InChI is InChI=1S/C18H30N4O2S.HI/c1-4-19-18(20-11-15-9-10-15)21-12-16-7-5-6-8-17(16)13-25(23,24)22-14(2)3;/h5-8,14-15,22H,4,9-13H2,1-3H3,(H2,19,20,21);1H. The van der Waals surface area contributed by atoms with Crippen molar-refractivity contribution in [2.75, 3.05) is 13.1 Å². The summed E-state index contributed by atoms with van der Waals surface area (Å²) in [6, 6.07) is 7.47. The molecular weight excluding hydrogens is 463 g/mol. The van der Waals surface area contributed by atoms with E-state index >= 15 is 0 Å². The Bertz CT molecular complexity index is 688. The van der Waals surface area contributed by atoms with Gasteiger partial charge < -0.3 is 10.6 Å². The molecule has 6 nitrogen and oxygen atoms in total. The number of aliphatic imine (C=N–C) groups is 1. The smallest absolute Gasteiger partial charge is 0.216 e. The van der Waals surface area contributed by atoms with Crippen LogP contribution >= 0.6 is 24.0 Å². The SMILES string of the molecule is CCNC(=NCc1ccccc1CS(=O)(=O)NC(C)C)NCC1CC1.I. The summed E-state index contributed by atoms with van der Waals surface area (Å²) < 4.78 is 27.1. The number of nitrogens with zero attached hydrogens (tertiary/aromatic N) is 1. The number of benzene rings is 1. The number of halogens is 1. The second-order valence-electron chi connectivity index (χ2n) is 6.82. The van der Waals surface area contributed by atoms with Crippen molar-refractivity contribution in [2.24, 2.45) is 10.9 Å². The van der Waals surface area contributed by atoms with Crippen LogP contribution in [-0.2, 0) is 22.3 Å². The average molecular weight is 494 g/mol. The first kappa shape index (κ1) is 23.2. The molecule has 26 heavy (non-hydrogen) atoms. The van der Waals surface area contributed by atoms with Crippen LogP contribution in [0.15, 0.2) is 29.3 Å². The van der Waals surface area contributed by atoms with Gasteiger partial charge in [-0.1, -0.05) is 24.3 Å². The molecule has 0 spiro atoms. The molecular formula is C18H31IN4O2S. The zero-order valence-electron chi connectivity index (χ0n) is 15.8. The summed E-state index contributed by atoms with van der Waals surface area (Å²) in [6.45, 7) is 7.87. The molecule has 1 aromatic rings. The Morgan fingerprint density at radius 2 is 1.85 bits per heavy atom. The molecule has 8 heteroatoms. The Morgan fingerprint density at radius 1 is 1.19 bits per heavy atom. The van der Waals surface area contributed by atoms with Crippen molar-refractivity contribution in [2.45, 2.75) is 52.0 Å². The minimum Gasteiger partial charge on any atom is -0.357 e. The van der Waals surface area contributed by atoms with E-state index in [-0.39, 0.29) is 35.8 Å². The lowest BCUT2D eigenvalue weighted by atomic mass is 10.1. The van der Waals surface area contributed by atoms with E-state index in [1.54, 1.807) is 0 Å². The zero-order chi connectivity index (χ0) is 18.3. The van der Waals surface area contributed by atoms with E-state index in [2.05, 4.69) is 20.3 Å². The molecule has 1 aliphatic rings. The summed E-state index contributed by atoms with van der Waals surface area (Å²) in [5, 5.41) is 6.59. The quantitative estimate of drug-likeness (QED) is 0.280. The lowest BCUT2D eigenvalue weighted by Gasteiger charge is -2.13. The van der Waals surface area contributed by atoms with Gasteiger partial charge in [-0.05, 0) is 50.7 Å². The van der Waals surface area contributed by atoms with Crippen molar-refractivity contribution in [1.82, 2.24) is 15.4 Å². The largest absolute Gasteiger partial charge is 0.357 e. The van der Waals surface area contributed by atoms with Crippen molar-refractivity contribution in [3.8, 4) is 0 Å². The number of nitrogens with one attached hydrogen (secondary N) is 3. The molecule has 1 aliphatic carbocycles. The van der Waals surface area contributed by atoms with Crippen LogP contribution in [0.1, 0.15) is 44.7 Å². The third-order valence-electron chi connectivity index (χ3n) is 3.89. The minimum atomic E-state index is -3.35. The molecule has 0 bridgehead atoms. The van der Waals surface area contributed by atoms with Gasteiger partial charge in [-0.3, -0.25) is 0 Å². The van der Waals surface area contributed by atoms with Crippen LogP contribution < -0.4 is 15.4 Å². The van der Waals surface area contributed by atoms with Gasteiger partial charge in [-0.15, -0.1) is 24.0 Å². The maximum absolute atomic E-state index is 12.2. The molecule has 0 aromatic heterocycles. The van der Waals surface area contributed by atoms with E-state index in [4.69, 9.17) is 0 Å². The van der Waals surface area contributed by atoms with Crippen molar-refractivity contribution >= 4 is 40.0 Å². The molecule has 148 valence electrons. The van der Waals surface area contributed by atoms with Crippen LogP contribution in [-0.4, -0.2) is 33.5 Å². The summed E-state index contributed by atoms with van der Waals surface area (Å²) in [5.74, 6) is 1.53. The Labute approximate surface area is 174 Å². The third kappa shape index (κ3) is 8.68. The predicted octanol–water partition coefficient (Wildman–Crippen LogP) is 2.60. The second kappa shape index (κ2) is 11.1. The Balaban J connectivity index is 0.00000338. The van der Waals surface area contributed by atoms with Crippen LogP contribution in [0.4, 0.5) is 0 Å². The van der Waals surface area contributed by atoms with Gasteiger partial charge in [0.05, 0.1) is 12.3 Å². The van der Waals surface area contributed by atoms with Gasteiger partial charge in [-0.2, -0.15) is 0 Å². The van der Waals surface area contributed by atoms with E-state index in [0.29, 0.717) is 6.54 Å². The van der Waals surface area contributed by atoms with E-state index in [1.165, 1.54) is 12.8 Å². The fourth-order valence-electron chi connectivity index (χ4n) is 2.53. The van der Waals surface area contributed by atoms with Gasteiger partial charge in [-0.25, -0.2) is 18.1 Å². The molecule has 0 unspecified atom stereocenters. The number of hydrogen-bond donors (Lipinski definition) is 3. The predicted molar refractivity (Wildman–Crippen MR) is 118 cm³/mol. The van der Waals surface area contributed by atoms with Gasteiger partial charge in [0.15, 0.2) is 5.96 Å². The first-order chi connectivity index (χ1) is 11.9. The number of rotatable bonds is 9. The van der Waals surface area contributed by atoms with Gasteiger partial charge in [0.2, 0.25) is 10.0 Å². The van der Waals surface area contributed by atoms with Gasteiger partial charge in [0, 0.05) is 19.1 Å². The Morgan fingerprint density at radius 3 is 2.42 bits per heavy atom. The van der Waals surface area contributed by atoms with Crippen LogP contribution in [0.5, 0.6) is 0 Å². The van der Waals surface area contributed by atoms with E-state index in [9.17, 15) is 8.42 Å². The molecule has 2 rings (SSSR count). The highest BCUT2D eigenvalue weighted by Crippen LogP contribution is 2.27. The molecule has 1 fully saturated rings. The van der Waals surface area contributed by atoms with Crippen molar-refractivity contribution in [3.63, 3.8) is 0 Å². The summed E-state index contributed by atoms with van der Waals surface area (Å²) >= 11 is 0. The molecule has 0 amide bonds. The van der Waals surface area contributed by atoms with Crippen molar-refractivity contribution < 1.29 is 8.42 Å². The van der Waals surface area contributed by atoms with Crippen molar-refractivity contribution in [3.05, 3.63) is 35.4 Å². The van der Waals surface area contributed by atoms with Gasteiger partial charge >= 0.3 is 0 Å². The first-order valence-electron chi connectivity index (χ1n) is 8.98. The Kier molecular flexibility index (Phi) is 9.88. The Hall–Kier alpha value is -0.870. The lowest BCUT2D eigenvalue weighted by Crippen LogP contribution is -2.38. The van der Waals surface area contributed by atoms with E-state index in [0.717, 1.165) is 36.1 Å². The number of hydrogen-bond acceptors (Lipinski definition) is 3. The summed E-state index contributed by atoms with van der Waals surface area (Å²) in [7, 11) is -3.35. The normalized spacial score (nSPS) is 14.8. The molecule has 0 heterocycles. The molecule has 1 saturated carbocycles. The minimum absolute atomic E-state index is 0. The summed E-state index contributed by atoms with van der Waals surface area (Å²) in [6.07, 6.45) is 2.58. The zero-order valence-corrected chi connectivity index (χ0v) is 18.9. The molecule has 0 atom stereocenters.